The number of alkyl halides is 6. The lowest BCUT2D eigenvalue weighted by molar-refractivity contribution is -0.143. The first-order chi connectivity index (χ1) is 14.3. The van der Waals surface area contributed by atoms with Crippen LogP contribution in [0.5, 0.6) is 0 Å². The van der Waals surface area contributed by atoms with Gasteiger partial charge in [0.25, 0.3) is 0 Å². The maximum absolute atomic E-state index is 13.2. The Bertz CT molecular complexity index is 988. The number of rotatable bonds is 3. The highest BCUT2D eigenvalue weighted by molar-refractivity contribution is 6.08. The normalized spacial score (nSPS) is 19.6. The molecule has 1 aromatic carbocycles. The zero-order valence-electron chi connectivity index (χ0n) is 15.7. The van der Waals surface area contributed by atoms with Gasteiger partial charge >= 0.3 is 12.4 Å². The van der Waals surface area contributed by atoms with Crippen LogP contribution in [0.15, 0.2) is 36.4 Å². The molecule has 5 nitrogen and oxygen atoms in total. The van der Waals surface area contributed by atoms with Gasteiger partial charge in [0, 0.05) is 19.5 Å². The predicted molar refractivity (Wildman–Crippen MR) is 93.1 cm³/mol. The molecule has 0 aliphatic carbocycles. The molecule has 1 aromatic heterocycles. The number of nitrogens with one attached hydrogen (secondary N) is 1. The minimum absolute atomic E-state index is 0.0320. The van der Waals surface area contributed by atoms with Crippen LogP contribution in [0.4, 0.5) is 36.6 Å². The molecule has 1 aliphatic heterocycles. The van der Waals surface area contributed by atoms with Gasteiger partial charge in [-0.05, 0) is 35.9 Å². The summed E-state index contributed by atoms with van der Waals surface area (Å²) in [6.45, 7) is -0.286. The van der Waals surface area contributed by atoms with Gasteiger partial charge in [0.05, 0.1) is 11.1 Å². The molecule has 3 rings (SSSR count). The van der Waals surface area contributed by atoms with Crippen LogP contribution in [0.2, 0.25) is 0 Å². The monoisotopic (exact) mass is 449 g/mol. The number of carbonyl (C=O) groups is 2. The van der Waals surface area contributed by atoms with E-state index in [0.29, 0.717) is 12.1 Å². The van der Waals surface area contributed by atoms with Crippen molar-refractivity contribution in [2.75, 3.05) is 18.9 Å². The first kappa shape index (κ1) is 22.5. The first-order valence-electron chi connectivity index (χ1n) is 8.75. The molecule has 1 aliphatic rings. The quantitative estimate of drug-likeness (QED) is 0.437. The summed E-state index contributed by atoms with van der Waals surface area (Å²) < 4.78 is 92.4. The Kier molecular flexibility index (Phi) is 5.68. The van der Waals surface area contributed by atoms with Gasteiger partial charge in [0.2, 0.25) is 17.8 Å². The summed E-state index contributed by atoms with van der Waals surface area (Å²) >= 11 is 0. The molecule has 0 spiro atoms. The Balaban J connectivity index is 2.03. The fourth-order valence-electron chi connectivity index (χ4n) is 3.37. The van der Waals surface area contributed by atoms with Crippen molar-refractivity contribution in [3.63, 3.8) is 0 Å². The van der Waals surface area contributed by atoms with E-state index >= 15 is 0 Å². The molecular formula is C19H14F7N3O2. The van der Waals surface area contributed by atoms with Gasteiger partial charge in [-0.1, -0.05) is 6.07 Å². The smallest absolute Gasteiger partial charge is 0.344 e. The molecule has 166 valence electrons. The van der Waals surface area contributed by atoms with E-state index < -0.39 is 58.6 Å². The van der Waals surface area contributed by atoms with Crippen LogP contribution in [-0.4, -0.2) is 35.3 Å². The third-order valence-electron chi connectivity index (χ3n) is 4.80. The summed E-state index contributed by atoms with van der Waals surface area (Å²) in [6, 6.07) is 4.38. The predicted octanol–water partition coefficient (Wildman–Crippen LogP) is 4.07. The summed E-state index contributed by atoms with van der Waals surface area (Å²) in [6.07, 6.45) is -10.2. The lowest BCUT2D eigenvalue weighted by Crippen LogP contribution is -2.33. The Hall–Kier alpha value is -3.18. The maximum atomic E-state index is 13.2. The number of benzene rings is 1. The number of aromatic nitrogens is 1. The van der Waals surface area contributed by atoms with Crippen molar-refractivity contribution in [2.45, 2.75) is 18.3 Å². The molecule has 1 saturated heterocycles. The van der Waals surface area contributed by atoms with E-state index in [4.69, 9.17) is 0 Å². The van der Waals surface area contributed by atoms with E-state index in [1.165, 1.54) is 19.2 Å². The zero-order valence-corrected chi connectivity index (χ0v) is 15.7. The van der Waals surface area contributed by atoms with Gasteiger partial charge in [0.1, 0.15) is 11.7 Å². The minimum Gasteiger partial charge on any atom is -0.344 e. The van der Waals surface area contributed by atoms with Crippen LogP contribution >= 0.6 is 0 Å². The molecule has 31 heavy (non-hydrogen) atoms. The molecule has 1 N–H and O–H groups in total. The molecular weight excluding hydrogens is 435 g/mol. The van der Waals surface area contributed by atoms with Crippen molar-refractivity contribution in [3.8, 4) is 0 Å². The van der Waals surface area contributed by atoms with E-state index in [1.54, 1.807) is 0 Å². The average molecular weight is 449 g/mol. The van der Waals surface area contributed by atoms with Gasteiger partial charge in [-0.3, -0.25) is 9.59 Å². The SMILES string of the molecule is CN1C[C@H](c2cc(C(F)(F)F)cc(C(F)(F)F)c2)[C@@H](C(=O)Nc2cccc(F)n2)C1=O. The van der Waals surface area contributed by atoms with Crippen molar-refractivity contribution >= 4 is 17.6 Å². The molecule has 2 amide bonds. The number of amides is 2. The summed E-state index contributed by atoms with van der Waals surface area (Å²) in [5.74, 6) is -5.94. The van der Waals surface area contributed by atoms with Gasteiger partial charge in [-0.2, -0.15) is 30.7 Å². The maximum Gasteiger partial charge on any atom is 0.416 e. The van der Waals surface area contributed by atoms with Crippen LogP contribution in [0.25, 0.3) is 0 Å². The highest BCUT2D eigenvalue weighted by Crippen LogP contribution is 2.41. The number of hydrogen-bond acceptors (Lipinski definition) is 3. The molecule has 0 bridgehead atoms. The number of hydrogen-bond donors (Lipinski definition) is 1. The fourth-order valence-corrected chi connectivity index (χ4v) is 3.37. The van der Waals surface area contributed by atoms with Crippen molar-refractivity contribution < 1.29 is 40.3 Å². The number of pyridine rings is 1. The second-order valence-corrected chi connectivity index (χ2v) is 6.98. The Labute approximate surface area is 170 Å². The van der Waals surface area contributed by atoms with Gasteiger partial charge < -0.3 is 10.2 Å². The highest BCUT2D eigenvalue weighted by atomic mass is 19.4. The zero-order chi connectivity index (χ0) is 23.1. The summed E-state index contributed by atoms with van der Waals surface area (Å²) in [5.41, 5.74) is -3.57. The second-order valence-electron chi connectivity index (χ2n) is 6.98. The van der Waals surface area contributed by atoms with Crippen LogP contribution in [0, 0.1) is 11.9 Å². The second kappa shape index (κ2) is 7.82. The van der Waals surface area contributed by atoms with Gasteiger partial charge in [0.15, 0.2) is 0 Å². The number of halogens is 7. The van der Waals surface area contributed by atoms with Crippen molar-refractivity contribution in [1.82, 2.24) is 9.88 Å². The molecule has 0 radical (unpaired) electrons. The first-order valence-corrected chi connectivity index (χ1v) is 8.75. The van der Waals surface area contributed by atoms with E-state index in [0.717, 1.165) is 11.0 Å². The molecule has 0 unspecified atom stereocenters. The van der Waals surface area contributed by atoms with E-state index in [-0.39, 0.29) is 18.4 Å². The van der Waals surface area contributed by atoms with E-state index in [9.17, 15) is 40.3 Å². The average Bonchev–Trinajstić information content (AvgIpc) is 2.95. The molecule has 2 heterocycles. The van der Waals surface area contributed by atoms with Crippen molar-refractivity contribution in [3.05, 3.63) is 59.0 Å². The standard InChI is InChI=1S/C19H14F7N3O2/c1-29-8-12(9-5-10(18(21,22)23)7-11(6-9)19(24,25)26)15(17(29)31)16(30)28-14-4-2-3-13(20)27-14/h2-7,12,15H,8H2,1H3,(H,27,28,30)/t12-,15+/m1/s1. The molecule has 1 fully saturated rings. The number of likely N-dealkylation sites (tertiary alicyclic amines) is 1. The lowest BCUT2D eigenvalue weighted by Gasteiger charge is -2.20. The van der Waals surface area contributed by atoms with Gasteiger partial charge in [-0.25, -0.2) is 4.98 Å². The molecule has 2 aromatic rings. The third kappa shape index (κ3) is 4.78. The van der Waals surface area contributed by atoms with Crippen LogP contribution in [0.1, 0.15) is 22.6 Å². The highest BCUT2D eigenvalue weighted by Gasteiger charge is 2.46. The van der Waals surface area contributed by atoms with Crippen molar-refractivity contribution in [2.24, 2.45) is 5.92 Å². The third-order valence-corrected chi connectivity index (χ3v) is 4.80. The van der Waals surface area contributed by atoms with Crippen LogP contribution in [-0.2, 0) is 21.9 Å². The number of likely N-dealkylation sites (N-methyl/N-ethyl adjacent to an activating group) is 1. The fraction of sp³-hybridized carbons (Fsp3) is 0.316. The topological polar surface area (TPSA) is 62.3 Å². The van der Waals surface area contributed by atoms with Crippen molar-refractivity contribution in [1.29, 1.82) is 0 Å². The Morgan fingerprint density at radius 1 is 1.06 bits per heavy atom. The van der Waals surface area contributed by atoms with E-state index in [2.05, 4.69) is 10.3 Å². The number of nitrogens with zero attached hydrogens (tertiary/aromatic N) is 2. The summed E-state index contributed by atoms with van der Waals surface area (Å²) in [7, 11) is 1.27. The molecule has 0 saturated carbocycles. The Morgan fingerprint density at radius 3 is 2.16 bits per heavy atom. The van der Waals surface area contributed by atoms with E-state index in [1.807, 2.05) is 0 Å². The summed E-state index contributed by atoms with van der Waals surface area (Å²) in [4.78, 5) is 29.6. The molecule has 2 atom stereocenters. The molecule has 12 heteroatoms. The minimum atomic E-state index is -5.08. The Morgan fingerprint density at radius 2 is 1.65 bits per heavy atom. The number of carbonyl (C=O) groups excluding carboxylic acids is 2. The van der Waals surface area contributed by atoms with Gasteiger partial charge in [-0.15, -0.1) is 0 Å². The lowest BCUT2D eigenvalue weighted by atomic mass is 9.86. The number of anilines is 1. The largest absolute Gasteiger partial charge is 0.416 e. The van der Waals surface area contributed by atoms with Crippen LogP contribution in [0.3, 0.4) is 0 Å². The summed E-state index contributed by atoms with van der Waals surface area (Å²) in [5, 5.41) is 2.18. The van der Waals surface area contributed by atoms with Crippen LogP contribution < -0.4 is 5.32 Å².